The molecular weight excluding hydrogens is 282 g/mol. The molecule has 2 amide bonds. The highest BCUT2D eigenvalue weighted by molar-refractivity contribution is 6.04. The number of nitrogens with one attached hydrogen (secondary N) is 2. The Kier molecular flexibility index (Phi) is 4.95. The molecule has 0 saturated carbocycles. The molecular formula is C16H19N3O3. The number of furan rings is 1. The second-order valence-corrected chi connectivity index (χ2v) is 5.17. The van der Waals surface area contributed by atoms with Crippen LogP contribution in [0.5, 0.6) is 0 Å². The van der Waals surface area contributed by atoms with Crippen molar-refractivity contribution in [1.82, 2.24) is 5.32 Å². The van der Waals surface area contributed by atoms with E-state index < -0.39 is 0 Å². The van der Waals surface area contributed by atoms with Crippen LogP contribution >= 0.6 is 0 Å². The van der Waals surface area contributed by atoms with Gasteiger partial charge in [0.05, 0.1) is 12.1 Å². The van der Waals surface area contributed by atoms with Crippen molar-refractivity contribution in [3.63, 3.8) is 0 Å². The van der Waals surface area contributed by atoms with Crippen molar-refractivity contribution in [1.29, 1.82) is 0 Å². The van der Waals surface area contributed by atoms with E-state index in [4.69, 9.17) is 10.2 Å². The summed E-state index contributed by atoms with van der Waals surface area (Å²) >= 11 is 0. The highest BCUT2D eigenvalue weighted by Gasteiger charge is 2.11. The van der Waals surface area contributed by atoms with E-state index in [0.29, 0.717) is 22.6 Å². The zero-order valence-corrected chi connectivity index (χ0v) is 12.6. The Morgan fingerprint density at radius 3 is 2.36 bits per heavy atom. The van der Waals surface area contributed by atoms with E-state index in [2.05, 4.69) is 10.6 Å². The number of carbonyl (C=O) groups is 2. The average molecular weight is 301 g/mol. The van der Waals surface area contributed by atoms with Gasteiger partial charge in [-0.1, -0.05) is 0 Å². The quantitative estimate of drug-likeness (QED) is 0.788. The lowest BCUT2D eigenvalue weighted by atomic mass is 10.1. The van der Waals surface area contributed by atoms with Crippen LogP contribution in [0.15, 0.2) is 41.0 Å². The Bertz CT molecular complexity index is 660. The zero-order chi connectivity index (χ0) is 16.1. The van der Waals surface area contributed by atoms with Crippen LogP contribution in [0.3, 0.4) is 0 Å². The maximum atomic E-state index is 12.0. The molecule has 0 spiro atoms. The number of carbonyl (C=O) groups excluding carboxylic acids is 2. The van der Waals surface area contributed by atoms with E-state index in [0.717, 1.165) is 0 Å². The number of amides is 2. The van der Waals surface area contributed by atoms with E-state index in [1.165, 1.54) is 6.26 Å². The minimum atomic E-state index is -0.289. The third-order valence-corrected chi connectivity index (χ3v) is 2.94. The van der Waals surface area contributed by atoms with Crippen LogP contribution in [0, 0.1) is 0 Å². The zero-order valence-electron chi connectivity index (χ0n) is 12.6. The first-order valence-electron chi connectivity index (χ1n) is 6.99. The molecule has 0 aliphatic carbocycles. The first-order valence-corrected chi connectivity index (χ1v) is 6.99. The van der Waals surface area contributed by atoms with Crippen molar-refractivity contribution >= 4 is 17.5 Å². The van der Waals surface area contributed by atoms with Crippen molar-refractivity contribution in [2.24, 2.45) is 5.73 Å². The molecule has 6 nitrogen and oxygen atoms in total. The number of nitrogens with two attached hydrogens (primary N) is 1. The number of benzene rings is 1. The fraction of sp³-hybridized carbons (Fsp3) is 0.250. The molecule has 0 unspecified atom stereocenters. The molecule has 0 aliphatic heterocycles. The molecule has 0 aliphatic rings. The van der Waals surface area contributed by atoms with E-state index in [1.807, 2.05) is 13.8 Å². The van der Waals surface area contributed by atoms with Gasteiger partial charge in [0.15, 0.2) is 0 Å². The van der Waals surface area contributed by atoms with E-state index >= 15 is 0 Å². The summed E-state index contributed by atoms with van der Waals surface area (Å²) in [6.07, 6.45) is 1.36. The Balaban J connectivity index is 2.01. The van der Waals surface area contributed by atoms with Crippen LogP contribution in [-0.2, 0) is 6.54 Å². The molecule has 6 heteroatoms. The second-order valence-electron chi connectivity index (χ2n) is 5.17. The molecule has 22 heavy (non-hydrogen) atoms. The smallest absolute Gasteiger partial charge is 0.258 e. The van der Waals surface area contributed by atoms with Crippen LogP contribution in [-0.4, -0.2) is 17.9 Å². The van der Waals surface area contributed by atoms with Gasteiger partial charge in [0.2, 0.25) is 0 Å². The number of hydrogen-bond acceptors (Lipinski definition) is 4. The molecule has 4 N–H and O–H groups in total. The molecule has 2 rings (SSSR count). The first-order chi connectivity index (χ1) is 10.5. The van der Waals surface area contributed by atoms with E-state index in [1.54, 1.807) is 30.3 Å². The van der Waals surface area contributed by atoms with Crippen LogP contribution < -0.4 is 16.4 Å². The van der Waals surface area contributed by atoms with Gasteiger partial charge < -0.3 is 20.8 Å². The summed E-state index contributed by atoms with van der Waals surface area (Å²) in [5, 5.41) is 5.53. The van der Waals surface area contributed by atoms with Gasteiger partial charge in [-0.25, -0.2) is 0 Å². The lowest BCUT2D eigenvalue weighted by molar-refractivity contribution is 0.0942. The maximum Gasteiger partial charge on any atom is 0.258 e. The summed E-state index contributed by atoms with van der Waals surface area (Å²) < 4.78 is 5.12. The molecule has 0 bridgehead atoms. The van der Waals surface area contributed by atoms with Gasteiger partial charge >= 0.3 is 0 Å². The van der Waals surface area contributed by atoms with Crippen molar-refractivity contribution in [2.45, 2.75) is 26.4 Å². The minimum absolute atomic E-state index is 0.0738. The van der Waals surface area contributed by atoms with E-state index in [9.17, 15) is 9.59 Å². The van der Waals surface area contributed by atoms with Crippen molar-refractivity contribution < 1.29 is 14.0 Å². The minimum Gasteiger partial charge on any atom is -0.467 e. The Labute approximate surface area is 128 Å². The van der Waals surface area contributed by atoms with Gasteiger partial charge in [0.1, 0.15) is 12.0 Å². The molecule has 0 fully saturated rings. The average Bonchev–Trinajstić information content (AvgIpc) is 2.96. The van der Waals surface area contributed by atoms with Crippen LogP contribution in [0.4, 0.5) is 5.69 Å². The Morgan fingerprint density at radius 1 is 1.14 bits per heavy atom. The summed E-state index contributed by atoms with van der Waals surface area (Å²) in [4.78, 5) is 23.8. The molecule has 1 aromatic carbocycles. The lowest BCUT2D eigenvalue weighted by Gasteiger charge is -2.09. The summed E-state index contributed by atoms with van der Waals surface area (Å²) in [7, 11) is 0. The van der Waals surface area contributed by atoms with Gasteiger partial charge in [-0.3, -0.25) is 9.59 Å². The second kappa shape index (κ2) is 6.91. The molecule has 2 aromatic rings. The molecule has 0 radical (unpaired) electrons. The fourth-order valence-electron chi connectivity index (χ4n) is 1.86. The largest absolute Gasteiger partial charge is 0.467 e. The van der Waals surface area contributed by atoms with Crippen molar-refractivity contribution in [2.75, 3.05) is 5.32 Å². The Hall–Kier alpha value is -2.60. The SMILES string of the molecule is CC(C)NC(=O)c1ccc(NC(=O)c2coc(CN)c2)cc1. The fourth-order valence-corrected chi connectivity index (χ4v) is 1.86. The topological polar surface area (TPSA) is 97.4 Å². The van der Waals surface area contributed by atoms with Gasteiger partial charge in [0, 0.05) is 17.3 Å². The molecule has 116 valence electrons. The third kappa shape index (κ3) is 3.95. The summed E-state index contributed by atoms with van der Waals surface area (Å²) in [5.41, 5.74) is 6.98. The van der Waals surface area contributed by atoms with E-state index in [-0.39, 0.29) is 24.4 Å². The van der Waals surface area contributed by atoms with Crippen molar-refractivity contribution in [3.8, 4) is 0 Å². The summed E-state index contributed by atoms with van der Waals surface area (Å²) in [6, 6.07) is 8.35. The Morgan fingerprint density at radius 2 is 1.82 bits per heavy atom. The summed E-state index contributed by atoms with van der Waals surface area (Å²) in [6.45, 7) is 4.03. The number of anilines is 1. The lowest BCUT2D eigenvalue weighted by Crippen LogP contribution is -2.30. The van der Waals surface area contributed by atoms with Crippen molar-refractivity contribution in [3.05, 3.63) is 53.5 Å². The predicted molar refractivity (Wildman–Crippen MR) is 83.6 cm³/mol. The predicted octanol–water partition coefficient (Wildman–Crippen LogP) is 2.13. The van der Waals surface area contributed by atoms with Gasteiger partial charge in [-0.05, 0) is 44.2 Å². The standard InChI is InChI=1S/C16H19N3O3/c1-10(2)18-15(20)11-3-5-13(6-4-11)19-16(21)12-7-14(8-17)22-9-12/h3-7,9-10H,8,17H2,1-2H3,(H,18,20)(H,19,21). The highest BCUT2D eigenvalue weighted by atomic mass is 16.3. The highest BCUT2D eigenvalue weighted by Crippen LogP contribution is 2.13. The summed E-state index contributed by atoms with van der Waals surface area (Å²) in [5.74, 6) is 0.115. The van der Waals surface area contributed by atoms with Gasteiger partial charge in [-0.15, -0.1) is 0 Å². The molecule has 1 aromatic heterocycles. The third-order valence-electron chi connectivity index (χ3n) is 2.94. The van der Waals surface area contributed by atoms with Crippen LogP contribution in [0.1, 0.15) is 40.3 Å². The maximum absolute atomic E-state index is 12.0. The van der Waals surface area contributed by atoms with Crippen LogP contribution in [0.25, 0.3) is 0 Å². The van der Waals surface area contributed by atoms with Crippen LogP contribution in [0.2, 0.25) is 0 Å². The molecule has 0 saturated heterocycles. The van der Waals surface area contributed by atoms with Gasteiger partial charge in [-0.2, -0.15) is 0 Å². The first kappa shape index (κ1) is 15.8. The molecule has 0 atom stereocenters. The normalized spacial score (nSPS) is 10.5. The number of rotatable bonds is 5. The molecule has 1 heterocycles. The van der Waals surface area contributed by atoms with Gasteiger partial charge in [0.25, 0.3) is 11.8 Å². The number of hydrogen-bond donors (Lipinski definition) is 3. The monoisotopic (exact) mass is 301 g/mol.